The molecule has 2 fully saturated rings. The molecular formula is C15H30N2O. The van der Waals surface area contributed by atoms with E-state index < -0.39 is 0 Å². The van der Waals surface area contributed by atoms with Crippen LogP contribution in [0.1, 0.15) is 46.0 Å². The molecule has 1 aliphatic heterocycles. The largest absolute Gasteiger partial charge is 0.380 e. The first kappa shape index (κ1) is 14.3. The molecule has 2 rings (SSSR count). The normalized spacial score (nSPS) is 33.5. The number of methoxy groups -OCH3 is 1. The van der Waals surface area contributed by atoms with Crippen molar-refractivity contribution in [2.24, 2.45) is 5.92 Å². The van der Waals surface area contributed by atoms with E-state index in [0.29, 0.717) is 12.1 Å². The van der Waals surface area contributed by atoms with Crippen LogP contribution in [0.3, 0.4) is 0 Å². The summed E-state index contributed by atoms with van der Waals surface area (Å²) in [6.45, 7) is 7.91. The van der Waals surface area contributed by atoms with Gasteiger partial charge < -0.3 is 10.1 Å². The molecule has 3 nitrogen and oxygen atoms in total. The highest BCUT2D eigenvalue weighted by Gasteiger charge is 2.33. The van der Waals surface area contributed by atoms with Crippen molar-refractivity contribution in [2.45, 2.75) is 64.1 Å². The van der Waals surface area contributed by atoms with Crippen molar-refractivity contribution in [1.29, 1.82) is 0 Å². The lowest BCUT2D eigenvalue weighted by Gasteiger charge is -2.45. The summed E-state index contributed by atoms with van der Waals surface area (Å²) in [5, 5.41) is 3.67. The molecule has 1 saturated heterocycles. The Labute approximate surface area is 112 Å². The van der Waals surface area contributed by atoms with Crippen molar-refractivity contribution in [3.05, 3.63) is 0 Å². The van der Waals surface area contributed by atoms with Crippen LogP contribution in [0.5, 0.6) is 0 Å². The molecule has 0 amide bonds. The molecule has 1 aliphatic carbocycles. The molecule has 1 heterocycles. The van der Waals surface area contributed by atoms with E-state index in [0.717, 1.165) is 18.5 Å². The molecule has 0 aromatic heterocycles. The van der Waals surface area contributed by atoms with Crippen LogP contribution in [-0.4, -0.2) is 49.8 Å². The van der Waals surface area contributed by atoms with Gasteiger partial charge in [-0.05, 0) is 32.6 Å². The molecule has 2 aliphatic rings. The molecule has 0 spiro atoms. The second-order valence-corrected chi connectivity index (χ2v) is 6.27. The molecule has 0 aromatic carbocycles. The third-order valence-electron chi connectivity index (χ3n) is 4.74. The van der Waals surface area contributed by atoms with Crippen LogP contribution in [0.2, 0.25) is 0 Å². The van der Waals surface area contributed by atoms with E-state index in [4.69, 9.17) is 4.74 Å². The Morgan fingerprint density at radius 1 is 1.28 bits per heavy atom. The van der Waals surface area contributed by atoms with Gasteiger partial charge in [-0.15, -0.1) is 0 Å². The van der Waals surface area contributed by atoms with Crippen LogP contribution in [0, 0.1) is 5.92 Å². The van der Waals surface area contributed by atoms with Gasteiger partial charge in [0, 0.05) is 38.8 Å². The summed E-state index contributed by atoms with van der Waals surface area (Å²) in [6.07, 6.45) is 7.52. The van der Waals surface area contributed by atoms with E-state index >= 15 is 0 Å². The average Bonchev–Trinajstić information content (AvgIpc) is 2.40. The van der Waals surface area contributed by atoms with Crippen molar-refractivity contribution in [3.63, 3.8) is 0 Å². The lowest BCUT2D eigenvalue weighted by molar-refractivity contribution is 0.0188. The summed E-state index contributed by atoms with van der Waals surface area (Å²) in [7, 11) is 1.83. The number of hydrogen-bond acceptors (Lipinski definition) is 3. The fourth-order valence-electron chi connectivity index (χ4n) is 3.60. The van der Waals surface area contributed by atoms with Crippen LogP contribution in [0.15, 0.2) is 0 Å². The number of nitrogens with zero attached hydrogens (tertiary/aromatic N) is 1. The Hall–Kier alpha value is -0.120. The van der Waals surface area contributed by atoms with Gasteiger partial charge in [0.2, 0.25) is 0 Å². The molecule has 3 unspecified atom stereocenters. The van der Waals surface area contributed by atoms with Gasteiger partial charge >= 0.3 is 0 Å². The lowest BCUT2D eigenvalue weighted by atomic mass is 9.82. The fourth-order valence-corrected chi connectivity index (χ4v) is 3.60. The molecule has 3 heteroatoms. The molecule has 0 bridgehead atoms. The number of rotatable bonds is 4. The number of piperazine rings is 1. The maximum atomic E-state index is 5.46. The first-order chi connectivity index (χ1) is 8.70. The van der Waals surface area contributed by atoms with Gasteiger partial charge in [0.15, 0.2) is 0 Å². The van der Waals surface area contributed by atoms with Gasteiger partial charge in [0.25, 0.3) is 0 Å². The molecule has 106 valence electrons. The predicted molar refractivity (Wildman–Crippen MR) is 75.9 cm³/mol. The second kappa shape index (κ2) is 6.88. The summed E-state index contributed by atoms with van der Waals surface area (Å²) < 4.78 is 5.46. The highest BCUT2D eigenvalue weighted by molar-refractivity contribution is 4.90. The quantitative estimate of drug-likeness (QED) is 0.833. The zero-order valence-electron chi connectivity index (χ0n) is 12.3. The smallest absolute Gasteiger partial charge is 0.0670 e. The molecular weight excluding hydrogens is 224 g/mol. The van der Waals surface area contributed by atoms with Gasteiger partial charge in [-0.3, -0.25) is 4.90 Å². The monoisotopic (exact) mass is 254 g/mol. The summed E-state index contributed by atoms with van der Waals surface area (Å²) in [4.78, 5) is 2.69. The van der Waals surface area contributed by atoms with Crippen LogP contribution < -0.4 is 5.32 Å². The molecule has 0 radical (unpaired) electrons. The maximum absolute atomic E-state index is 5.46. The summed E-state index contributed by atoms with van der Waals surface area (Å²) in [6, 6.07) is 1.35. The second-order valence-electron chi connectivity index (χ2n) is 6.27. The first-order valence-corrected chi connectivity index (χ1v) is 7.71. The SMILES string of the molecule is COC(C)CN1CC(C)NCC1C1CCCCC1. The van der Waals surface area contributed by atoms with E-state index in [1.165, 1.54) is 45.2 Å². The number of ether oxygens (including phenoxy) is 1. The summed E-state index contributed by atoms with van der Waals surface area (Å²) >= 11 is 0. The minimum absolute atomic E-state index is 0.349. The topological polar surface area (TPSA) is 24.5 Å². The Kier molecular flexibility index (Phi) is 5.46. The van der Waals surface area contributed by atoms with Crippen LogP contribution in [-0.2, 0) is 4.74 Å². The van der Waals surface area contributed by atoms with Gasteiger partial charge in [0.1, 0.15) is 0 Å². The van der Waals surface area contributed by atoms with Crippen LogP contribution in [0.25, 0.3) is 0 Å². The molecule has 0 aromatic rings. The van der Waals surface area contributed by atoms with Gasteiger partial charge in [-0.2, -0.15) is 0 Å². The van der Waals surface area contributed by atoms with Gasteiger partial charge in [-0.25, -0.2) is 0 Å². The van der Waals surface area contributed by atoms with E-state index in [1.807, 2.05) is 7.11 Å². The van der Waals surface area contributed by atoms with E-state index in [1.54, 1.807) is 0 Å². The molecule has 18 heavy (non-hydrogen) atoms. The number of nitrogens with one attached hydrogen (secondary N) is 1. The minimum atomic E-state index is 0.349. The Bertz CT molecular complexity index is 241. The first-order valence-electron chi connectivity index (χ1n) is 7.71. The van der Waals surface area contributed by atoms with E-state index in [2.05, 4.69) is 24.1 Å². The van der Waals surface area contributed by atoms with Crippen molar-refractivity contribution in [2.75, 3.05) is 26.7 Å². The lowest BCUT2D eigenvalue weighted by Crippen LogP contribution is -2.59. The highest BCUT2D eigenvalue weighted by Crippen LogP contribution is 2.30. The molecule has 1 N–H and O–H groups in total. The summed E-state index contributed by atoms with van der Waals surface area (Å²) in [5.74, 6) is 0.905. The predicted octanol–water partition coefficient (Wildman–Crippen LogP) is 2.26. The molecule has 1 saturated carbocycles. The van der Waals surface area contributed by atoms with E-state index in [9.17, 15) is 0 Å². The Morgan fingerprint density at radius 2 is 2.00 bits per heavy atom. The van der Waals surface area contributed by atoms with Crippen LogP contribution >= 0.6 is 0 Å². The Morgan fingerprint density at radius 3 is 2.67 bits per heavy atom. The van der Waals surface area contributed by atoms with E-state index in [-0.39, 0.29) is 0 Å². The third kappa shape index (κ3) is 3.69. The number of hydrogen-bond donors (Lipinski definition) is 1. The van der Waals surface area contributed by atoms with Crippen molar-refractivity contribution >= 4 is 0 Å². The van der Waals surface area contributed by atoms with Gasteiger partial charge in [0.05, 0.1) is 6.10 Å². The maximum Gasteiger partial charge on any atom is 0.0670 e. The van der Waals surface area contributed by atoms with Crippen molar-refractivity contribution in [1.82, 2.24) is 10.2 Å². The standard InChI is InChI=1S/C15H30N2O/c1-12-10-17(11-13(2)18-3)15(9-16-12)14-7-5-4-6-8-14/h12-16H,4-11H2,1-3H3. The third-order valence-corrected chi connectivity index (χ3v) is 4.74. The summed E-state index contributed by atoms with van der Waals surface area (Å²) in [5.41, 5.74) is 0. The zero-order valence-corrected chi connectivity index (χ0v) is 12.3. The average molecular weight is 254 g/mol. The molecule has 3 atom stereocenters. The fraction of sp³-hybridized carbons (Fsp3) is 1.00. The van der Waals surface area contributed by atoms with Crippen LogP contribution in [0.4, 0.5) is 0 Å². The Balaban J connectivity index is 1.95. The van der Waals surface area contributed by atoms with Crippen molar-refractivity contribution < 1.29 is 4.74 Å². The van der Waals surface area contributed by atoms with Crippen molar-refractivity contribution in [3.8, 4) is 0 Å². The van der Waals surface area contributed by atoms with Gasteiger partial charge in [-0.1, -0.05) is 19.3 Å². The zero-order chi connectivity index (χ0) is 13.0. The minimum Gasteiger partial charge on any atom is -0.380 e. The highest BCUT2D eigenvalue weighted by atomic mass is 16.5.